The molecule has 0 bridgehead atoms. The summed E-state index contributed by atoms with van der Waals surface area (Å²) in [6.07, 6.45) is 8.06. The molecule has 0 aliphatic carbocycles. The molecule has 3 heterocycles. The second kappa shape index (κ2) is 7.15. The molecule has 1 aliphatic rings. The van der Waals surface area contributed by atoms with Gasteiger partial charge in [0.05, 0.1) is 31.6 Å². The summed E-state index contributed by atoms with van der Waals surface area (Å²) in [5.41, 5.74) is 1.36. The minimum Gasteiger partial charge on any atom is -0.377 e. The fraction of sp³-hybridized carbons (Fsp3) is 0.375. The maximum Gasteiger partial charge on any atom is 0.274 e. The summed E-state index contributed by atoms with van der Waals surface area (Å²) in [7, 11) is 0. The van der Waals surface area contributed by atoms with Crippen LogP contribution in [0.3, 0.4) is 0 Å². The van der Waals surface area contributed by atoms with E-state index in [9.17, 15) is 4.79 Å². The molecule has 7 nitrogen and oxygen atoms in total. The molecule has 0 N–H and O–H groups in total. The molecule has 1 aliphatic heterocycles. The van der Waals surface area contributed by atoms with E-state index < -0.39 is 0 Å². The molecule has 1 amide bonds. The topological polar surface area (TPSA) is 73.1 Å². The Hall–Kier alpha value is -2.54. The van der Waals surface area contributed by atoms with Crippen molar-refractivity contribution in [3.63, 3.8) is 0 Å². The van der Waals surface area contributed by atoms with Crippen LogP contribution in [0.1, 0.15) is 16.2 Å². The van der Waals surface area contributed by atoms with E-state index >= 15 is 0 Å². The van der Waals surface area contributed by atoms with Gasteiger partial charge in [-0.25, -0.2) is 4.98 Å². The smallest absolute Gasteiger partial charge is 0.274 e. The van der Waals surface area contributed by atoms with Gasteiger partial charge in [-0.3, -0.25) is 14.5 Å². The van der Waals surface area contributed by atoms with Crippen molar-refractivity contribution >= 4 is 5.91 Å². The van der Waals surface area contributed by atoms with Gasteiger partial charge in [-0.05, 0) is 6.07 Å². The third-order valence-corrected chi connectivity index (χ3v) is 3.73. The predicted molar refractivity (Wildman–Crippen MR) is 83.5 cm³/mol. The van der Waals surface area contributed by atoms with Crippen molar-refractivity contribution in [1.82, 2.24) is 24.6 Å². The lowest BCUT2D eigenvalue weighted by Gasteiger charge is -2.23. The summed E-state index contributed by atoms with van der Waals surface area (Å²) in [5, 5.41) is 4.34. The Morgan fingerprint density at radius 1 is 1.39 bits per heavy atom. The SMILES string of the molecule is C=CCOC[C@H]1CN(C(=O)c2cnccn2)Cc2ccnn2C1. The monoisotopic (exact) mass is 313 g/mol. The van der Waals surface area contributed by atoms with E-state index in [2.05, 4.69) is 21.6 Å². The number of nitrogens with zero attached hydrogens (tertiary/aromatic N) is 5. The Kier molecular flexibility index (Phi) is 4.77. The third-order valence-electron chi connectivity index (χ3n) is 3.73. The van der Waals surface area contributed by atoms with Gasteiger partial charge < -0.3 is 9.64 Å². The summed E-state index contributed by atoms with van der Waals surface area (Å²) in [5.74, 6) is 0.0400. The van der Waals surface area contributed by atoms with E-state index in [0.29, 0.717) is 32.0 Å². The molecule has 120 valence electrons. The summed E-state index contributed by atoms with van der Waals surface area (Å²) in [4.78, 5) is 22.6. The lowest BCUT2D eigenvalue weighted by Crippen LogP contribution is -2.35. The van der Waals surface area contributed by atoms with Crippen LogP contribution in [0.5, 0.6) is 0 Å². The first-order chi connectivity index (χ1) is 11.3. The Balaban J connectivity index is 1.79. The van der Waals surface area contributed by atoms with E-state index in [0.717, 1.165) is 12.2 Å². The highest BCUT2D eigenvalue weighted by Gasteiger charge is 2.27. The average molecular weight is 313 g/mol. The highest BCUT2D eigenvalue weighted by Crippen LogP contribution is 2.18. The van der Waals surface area contributed by atoms with Crippen LogP contribution in [0.15, 0.2) is 43.5 Å². The van der Waals surface area contributed by atoms with Crippen LogP contribution in [-0.2, 0) is 17.8 Å². The van der Waals surface area contributed by atoms with Crippen molar-refractivity contribution in [2.75, 3.05) is 19.8 Å². The zero-order valence-electron chi connectivity index (χ0n) is 12.8. The molecule has 3 rings (SSSR count). The maximum atomic E-state index is 12.7. The van der Waals surface area contributed by atoms with Gasteiger partial charge in [0.1, 0.15) is 5.69 Å². The number of hydrogen-bond donors (Lipinski definition) is 0. The molecular weight excluding hydrogens is 294 g/mol. The minimum atomic E-state index is -0.124. The first-order valence-corrected chi connectivity index (χ1v) is 7.52. The van der Waals surface area contributed by atoms with Crippen molar-refractivity contribution in [1.29, 1.82) is 0 Å². The number of ether oxygens (including phenoxy) is 1. The second-order valence-corrected chi connectivity index (χ2v) is 5.47. The average Bonchev–Trinajstić information content (AvgIpc) is 2.94. The highest BCUT2D eigenvalue weighted by molar-refractivity contribution is 5.91. The van der Waals surface area contributed by atoms with Crippen LogP contribution in [0.25, 0.3) is 0 Å². The Morgan fingerprint density at radius 3 is 3.09 bits per heavy atom. The summed E-state index contributed by atoms with van der Waals surface area (Å²) < 4.78 is 7.51. The zero-order chi connectivity index (χ0) is 16.1. The quantitative estimate of drug-likeness (QED) is 0.611. The number of hydrogen-bond acceptors (Lipinski definition) is 5. The molecule has 0 unspecified atom stereocenters. The molecule has 1 atom stereocenters. The number of amides is 1. The molecular formula is C16H19N5O2. The van der Waals surface area contributed by atoms with Crippen molar-refractivity contribution < 1.29 is 9.53 Å². The van der Waals surface area contributed by atoms with E-state index in [1.807, 2.05) is 10.7 Å². The fourth-order valence-electron chi connectivity index (χ4n) is 2.68. The molecule has 0 radical (unpaired) electrons. The summed E-state index contributed by atoms with van der Waals surface area (Å²) >= 11 is 0. The van der Waals surface area contributed by atoms with Crippen LogP contribution in [0, 0.1) is 5.92 Å². The molecule has 2 aromatic heterocycles. The van der Waals surface area contributed by atoms with Crippen LogP contribution < -0.4 is 0 Å². The summed E-state index contributed by atoms with van der Waals surface area (Å²) in [6.45, 7) is 6.53. The molecule has 2 aromatic rings. The standard InChI is InChI=1S/C16H19N5O2/c1-2-7-23-12-13-9-20(11-14-3-4-19-21(14)10-13)16(22)15-8-17-5-6-18-15/h2-6,8,13H,1,7,9-12H2/t13-/m0/s1. The van der Waals surface area contributed by atoms with Gasteiger partial charge in [0.15, 0.2) is 0 Å². The van der Waals surface area contributed by atoms with Gasteiger partial charge in [-0.2, -0.15) is 5.10 Å². The van der Waals surface area contributed by atoms with E-state index in [4.69, 9.17) is 4.74 Å². The first kappa shape index (κ1) is 15.4. The fourth-order valence-corrected chi connectivity index (χ4v) is 2.68. The van der Waals surface area contributed by atoms with E-state index in [-0.39, 0.29) is 11.8 Å². The summed E-state index contributed by atoms with van der Waals surface area (Å²) in [6, 6.07) is 1.93. The Morgan fingerprint density at radius 2 is 2.30 bits per heavy atom. The van der Waals surface area contributed by atoms with E-state index in [1.54, 1.807) is 23.4 Å². The molecule has 7 heteroatoms. The Labute approximate surface area is 134 Å². The minimum absolute atomic E-state index is 0.124. The van der Waals surface area contributed by atoms with Crippen LogP contribution in [-0.4, -0.2) is 50.3 Å². The van der Waals surface area contributed by atoms with Gasteiger partial charge in [-0.15, -0.1) is 6.58 Å². The van der Waals surface area contributed by atoms with Gasteiger partial charge in [-0.1, -0.05) is 6.08 Å². The van der Waals surface area contributed by atoms with Gasteiger partial charge in [0, 0.05) is 37.6 Å². The van der Waals surface area contributed by atoms with Crippen molar-refractivity contribution in [3.8, 4) is 0 Å². The lowest BCUT2D eigenvalue weighted by molar-refractivity contribution is 0.0631. The van der Waals surface area contributed by atoms with Crippen LogP contribution in [0.2, 0.25) is 0 Å². The first-order valence-electron chi connectivity index (χ1n) is 7.52. The predicted octanol–water partition coefficient (Wildman–Crippen LogP) is 1.15. The maximum absolute atomic E-state index is 12.7. The molecule has 0 spiro atoms. The highest BCUT2D eigenvalue weighted by atomic mass is 16.5. The molecule has 0 aromatic carbocycles. The number of carbonyl (C=O) groups excluding carboxylic acids is 1. The van der Waals surface area contributed by atoms with Gasteiger partial charge in [0.25, 0.3) is 5.91 Å². The van der Waals surface area contributed by atoms with Crippen molar-refractivity contribution in [2.24, 2.45) is 5.92 Å². The normalized spacial score (nSPS) is 17.4. The molecule has 0 saturated carbocycles. The molecule has 0 fully saturated rings. The van der Waals surface area contributed by atoms with Crippen LogP contribution >= 0.6 is 0 Å². The van der Waals surface area contributed by atoms with Crippen molar-refractivity contribution in [3.05, 3.63) is 54.9 Å². The van der Waals surface area contributed by atoms with Gasteiger partial charge >= 0.3 is 0 Å². The van der Waals surface area contributed by atoms with Crippen molar-refractivity contribution in [2.45, 2.75) is 13.1 Å². The second-order valence-electron chi connectivity index (χ2n) is 5.47. The number of aromatic nitrogens is 4. The van der Waals surface area contributed by atoms with Crippen LogP contribution in [0.4, 0.5) is 0 Å². The zero-order valence-corrected chi connectivity index (χ0v) is 12.8. The molecule has 23 heavy (non-hydrogen) atoms. The third kappa shape index (κ3) is 3.62. The Bertz CT molecular complexity index is 670. The number of rotatable bonds is 5. The number of carbonyl (C=O) groups is 1. The van der Waals surface area contributed by atoms with E-state index in [1.165, 1.54) is 12.4 Å². The number of fused-ring (bicyclic) bond motifs is 1. The largest absolute Gasteiger partial charge is 0.377 e. The van der Waals surface area contributed by atoms with Gasteiger partial charge in [0.2, 0.25) is 0 Å². The molecule has 0 saturated heterocycles. The lowest BCUT2D eigenvalue weighted by atomic mass is 10.1.